The monoisotopic (exact) mass is 483 g/mol. The third kappa shape index (κ3) is 4.81. The van der Waals surface area contributed by atoms with Crippen LogP contribution >= 0.6 is 11.6 Å². The fraction of sp³-hybridized carbons (Fsp3) is 0.500. The van der Waals surface area contributed by atoms with Crippen molar-refractivity contribution in [2.75, 3.05) is 23.8 Å². The number of nitrogens with two attached hydrogens (primary N) is 1. The van der Waals surface area contributed by atoms with Crippen LogP contribution in [-0.4, -0.2) is 44.2 Å². The number of nitrogens with zero attached hydrogens (tertiary/aromatic N) is 4. The molecular formula is C24H30ClN7O2. The summed E-state index contributed by atoms with van der Waals surface area (Å²) >= 11 is 6.20. The molecule has 0 radical (unpaired) electrons. The highest BCUT2D eigenvalue weighted by Crippen LogP contribution is 2.37. The van der Waals surface area contributed by atoms with Crippen LogP contribution in [0.15, 0.2) is 30.5 Å². The van der Waals surface area contributed by atoms with E-state index in [4.69, 9.17) is 32.0 Å². The highest BCUT2D eigenvalue weighted by Gasteiger charge is 2.31. The van der Waals surface area contributed by atoms with Crippen molar-refractivity contribution in [3.8, 4) is 0 Å². The first-order chi connectivity index (χ1) is 16.4. The lowest BCUT2D eigenvalue weighted by Crippen LogP contribution is -2.41. The van der Waals surface area contributed by atoms with Gasteiger partial charge in [-0.05, 0) is 63.6 Å². The van der Waals surface area contributed by atoms with Crippen molar-refractivity contribution in [3.05, 3.63) is 35.5 Å². The molecule has 1 saturated carbocycles. The zero-order chi connectivity index (χ0) is 23.7. The molecule has 3 aromatic rings. The van der Waals surface area contributed by atoms with Gasteiger partial charge in [-0.15, -0.1) is 0 Å². The minimum absolute atomic E-state index is 0.0734. The van der Waals surface area contributed by atoms with Crippen LogP contribution in [0.1, 0.15) is 51.5 Å². The summed E-state index contributed by atoms with van der Waals surface area (Å²) < 4.78 is 7.67. The minimum Gasteiger partial charge on any atom is -0.381 e. The van der Waals surface area contributed by atoms with E-state index in [1.54, 1.807) is 6.20 Å². The molecule has 34 heavy (non-hydrogen) atoms. The van der Waals surface area contributed by atoms with Crippen molar-refractivity contribution >= 4 is 46.3 Å². The highest BCUT2D eigenvalue weighted by molar-refractivity contribution is 6.30. The van der Waals surface area contributed by atoms with Gasteiger partial charge in [0.05, 0.1) is 6.20 Å². The molecule has 1 aliphatic carbocycles. The molecule has 9 nitrogen and oxygen atoms in total. The van der Waals surface area contributed by atoms with Gasteiger partial charge in [0, 0.05) is 41.4 Å². The van der Waals surface area contributed by atoms with Gasteiger partial charge in [-0.3, -0.25) is 9.36 Å². The summed E-state index contributed by atoms with van der Waals surface area (Å²) in [5, 5.41) is 7.58. The first-order valence-corrected chi connectivity index (χ1v) is 12.2. The number of ether oxygens (including phenoxy) is 1. The Morgan fingerprint density at radius 2 is 1.97 bits per heavy atom. The fourth-order valence-corrected chi connectivity index (χ4v) is 5.11. The standard InChI is InChI=1S/C24H30ClN7O2/c1-24(9-11-34-12-10-24)31-22-27-14-19-21(30-22)32(18-7-5-15(6-8-18)20(26)33)23(29-19)28-17-4-2-3-16(25)13-17/h2-4,13-15,18H,5-12H2,1H3,(H2,26,33)(H,28,29)(H,27,30,31)/t15-,18+. The van der Waals surface area contributed by atoms with E-state index in [1.165, 1.54) is 0 Å². The fourth-order valence-electron chi connectivity index (χ4n) is 4.92. The number of anilines is 3. The van der Waals surface area contributed by atoms with Crippen LogP contribution in [0.2, 0.25) is 5.02 Å². The first-order valence-electron chi connectivity index (χ1n) is 11.8. The maximum absolute atomic E-state index is 11.7. The number of hydrogen-bond acceptors (Lipinski definition) is 7. The van der Waals surface area contributed by atoms with Crippen molar-refractivity contribution in [3.63, 3.8) is 0 Å². The molecule has 10 heteroatoms. The van der Waals surface area contributed by atoms with Gasteiger partial charge in [-0.2, -0.15) is 4.98 Å². The van der Waals surface area contributed by atoms with Crippen LogP contribution in [0.4, 0.5) is 17.6 Å². The average Bonchev–Trinajstić information content (AvgIpc) is 3.16. The molecule has 4 N–H and O–H groups in total. The lowest BCUT2D eigenvalue weighted by atomic mass is 9.85. The van der Waals surface area contributed by atoms with Crippen LogP contribution in [0.25, 0.3) is 11.2 Å². The van der Waals surface area contributed by atoms with Gasteiger partial charge < -0.3 is 21.1 Å². The molecule has 180 valence electrons. The molecule has 5 rings (SSSR count). The molecule has 1 saturated heterocycles. The lowest BCUT2D eigenvalue weighted by Gasteiger charge is -2.34. The molecule has 1 amide bonds. The summed E-state index contributed by atoms with van der Waals surface area (Å²) in [5.41, 5.74) is 7.78. The lowest BCUT2D eigenvalue weighted by molar-refractivity contribution is -0.122. The van der Waals surface area contributed by atoms with Gasteiger partial charge in [0.15, 0.2) is 5.65 Å². The molecule has 2 fully saturated rings. The molecular weight excluding hydrogens is 454 g/mol. The Morgan fingerprint density at radius 3 is 2.68 bits per heavy atom. The molecule has 3 heterocycles. The Morgan fingerprint density at radius 1 is 1.21 bits per heavy atom. The van der Waals surface area contributed by atoms with Crippen molar-refractivity contribution < 1.29 is 9.53 Å². The van der Waals surface area contributed by atoms with E-state index in [2.05, 4.69) is 27.1 Å². The number of hydrogen-bond donors (Lipinski definition) is 3. The number of nitrogens with one attached hydrogen (secondary N) is 2. The average molecular weight is 484 g/mol. The van der Waals surface area contributed by atoms with Gasteiger partial charge in [0.1, 0.15) is 5.52 Å². The third-order valence-electron chi connectivity index (χ3n) is 6.99. The van der Waals surface area contributed by atoms with Gasteiger partial charge >= 0.3 is 0 Å². The normalized spacial score (nSPS) is 22.4. The maximum Gasteiger partial charge on any atom is 0.225 e. The van der Waals surface area contributed by atoms with Crippen LogP contribution in [0, 0.1) is 5.92 Å². The smallest absolute Gasteiger partial charge is 0.225 e. The van der Waals surface area contributed by atoms with Gasteiger partial charge in [-0.1, -0.05) is 17.7 Å². The Balaban J connectivity index is 1.51. The van der Waals surface area contributed by atoms with Crippen LogP contribution in [0.3, 0.4) is 0 Å². The summed E-state index contributed by atoms with van der Waals surface area (Å²) in [4.78, 5) is 26.0. The molecule has 0 bridgehead atoms. The Labute approximate surface area is 203 Å². The maximum atomic E-state index is 11.7. The SMILES string of the molecule is CC1(Nc2ncc3nc(Nc4cccc(Cl)c4)n([C@H]4CC[C@@H](C(N)=O)CC4)c3n2)CCOCC1. The van der Waals surface area contributed by atoms with E-state index >= 15 is 0 Å². The predicted molar refractivity (Wildman–Crippen MR) is 132 cm³/mol. The number of rotatable bonds is 6. The summed E-state index contributed by atoms with van der Waals surface area (Å²) in [6.07, 6.45) is 6.71. The molecule has 2 aliphatic rings. The quantitative estimate of drug-likeness (QED) is 0.474. The summed E-state index contributed by atoms with van der Waals surface area (Å²) in [7, 11) is 0. The molecule has 0 spiro atoms. The van der Waals surface area contributed by atoms with E-state index in [0.29, 0.717) is 22.4 Å². The number of imidazole rings is 1. The number of amides is 1. The molecule has 2 aromatic heterocycles. The van der Waals surface area contributed by atoms with Crippen LogP contribution in [-0.2, 0) is 9.53 Å². The number of primary amides is 1. The molecule has 0 unspecified atom stereocenters. The van der Waals surface area contributed by atoms with E-state index < -0.39 is 0 Å². The van der Waals surface area contributed by atoms with E-state index in [9.17, 15) is 4.79 Å². The third-order valence-corrected chi connectivity index (χ3v) is 7.22. The number of aromatic nitrogens is 4. The van der Waals surface area contributed by atoms with Gasteiger partial charge in [-0.25, -0.2) is 9.97 Å². The molecule has 0 atom stereocenters. The van der Waals surface area contributed by atoms with Crippen molar-refractivity contribution in [1.82, 2.24) is 19.5 Å². The zero-order valence-corrected chi connectivity index (χ0v) is 20.0. The summed E-state index contributed by atoms with van der Waals surface area (Å²) in [6, 6.07) is 7.68. The number of carbonyl (C=O) groups is 1. The number of halogens is 1. The van der Waals surface area contributed by atoms with Gasteiger partial charge in [0.2, 0.25) is 17.8 Å². The van der Waals surface area contributed by atoms with Crippen LogP contribution in [0.5, 0.6) is 0 Å². The Kier molecular flexibility index (Phi) is 6.31. The number of fused-ring (bicyclic) bond motifs is 1. The molecule has 1 aliphatic heterocycles. The molecule has 1 aromatic carbocycles. The van der Waals surface area contributed by atoms with Gasteiger partial charge in [0.25, 0.3) is 0 Å². The van der Waals surface area contributed by atoms with E-state index in [-0.39, 0.29) is 23.4 Å². The summed E-state index contributed by atoms with van der Waals surface area (Å²) in [6.45, 7) is 3.62. The number of carbonyl (C=O) groups excluding carboxylic acids is 1. The minimum atomic E-state index is -0.218. The Hall–Kier alpha value is -2.91. The first kappa shape index (κ1) is 22.9. The van der Waals surface area contributed by atoms with Crippen LogP contribution < -0.4 is 16.4 Å². The largest absolute Gasteiger partial charge is 0.381 e. The van der Waals surface area contributed by atoms with Crippen molar-refractivity contribution in [1.29, 1.82) is 0 Å². The van der Waals surface area contributed by atoms with Crippen molar-refractivity contribution in [2.24, 2.45) is 11.7 Å². The Bertz CT molecular complexity index is 1180. The van der Waals surface area contributed by atoms with E-state index in [0.717, 1.165) is 63.1 Å². The highest BCUT2D eigenvalue weighted by atomic mass is 35.5. The van der Waals surface area contributed by atoms with E-state index in [1.807, 2.05) is 24.3 Å². The number of benzene rings is 1. The second-order valence-corrected chi connectivity index (χ2v) is 9.99. The second-order valence-electron chi connectivity index (χ2n) is 9.55. The second kappa shape index (κ2) is 9.38. The summed E-state index contributed by atoms with van der Waals surface area (Å²) in [5.74, 6) is 0.974. The predicted octanol–water partition coefficient (Wildman–Crippen LogP) is 4.42. The van der Waals surface area contributed by atoms with Crippen molar-refractivity contribution in [2.45, 2.75) is 57.0 Å². The zero-order valence-electron chi connectivity index (χ0n) is 19.3. The topological polar surface area (TPSA) is 120 Å².